The zero-order chi connectivity index (χ0) is 13.4. The minimum atomic E-state index is 0.308. The van der Waals surface area contributed by atoms with Gasteiger partial charge in [0.25, 0.3) is 0 Å². The number of hydrogen-bond acceptors (Lipinski definition) is 4. The molecule has 3 heterocycles. The van der Waals surface area contributed by atoms with Gasteiger partial charge in [0.2, 0.25) is 6.79 Å². The van der Waals surface area contributed by atoms with E-state index >= 15 is 0 Å². The highest BCUT2D eigenvalue weighted by Gasteiger charge is 2.19. The maximum absolute atomic E-state index is 5.42. The van der Waals surface area contributed by atoms with Crippen molar-refractivity contribution >= 4 is 0 Å². The number of hydrogen-bond donors (Lipinski definition) is 2. The Morgan fingerprint density at radius 3 is 2.85 bits per heavy atom. The molecule has 1 fully saturated rings. The van der Waals surface area contributed by atoms with E-state index in [2.05, 4.69) is 15.3 Å². The second-order valence-electron chi connectivity index (χ2n) is 5.27. The van der Waals surface area contributed by atoms with Crippen molar-refractivity contribution < 1.29 is 9.47 Å². The Morgan fingerprint density at radius 1 is 1.10 bits per heavy atom. The molecule has 0 atom stereocenters. The minimum absolute atomic E-state index is 0.308. The molecule has 4 rings (SSSR count). The van der Waals surface area contributed by atoms with E-state index < -0.39 is 0 Å². The molecule has 5 nitrogen and oxygen atoms in total. The van der Waals surface area contributed by atoms with Crippen molar-refractivity contribution in [1.29, 1.82) is 0 Å². The SMILES string of the molecule is c1cc2c(cc1-c1cnc(C3CCNCC3)[nH]1)OCO2. The van der Waals surface area contributed by atoms with Crippen molar-refractivity contribution in [1.82, 2.24) is 15.3 Å². The fourth-order valence-electron chi connectivity index (χ4n) is 2.85. The number of ether oxygens (including phenoxy) is 2. The summed E-state index contributed by atoms with van der Waals surface area (Å²) in [7, 11) is 0. The largest absolute Gasteiger partial charge is 0.454 e. The quantitative estimate of drug-likeness (QED) is 0.879. The first kappa shape index (κ1) is 11.8. The molecular formula is C15H17N3O2. The van der Waals surface area contributed by atoms with Gasteiger partial charge in [-0.15, -0.1) is 0 Å². The summed E-state index contributed by atoms with van der Waals surface area (Å²) in [6, 6.07) is 5.98. The van der Waals surface area contributed by atoms with Gasteiger partial charge < -0.3 is 19.8 Å². The standard InChI is InChI=1S/C15H17N3O2/c1-2-13-14(20-9-19-13)7-11(1)12-8-17-15(18-12)10-3-5-16-6-4-10/h1-2,7-8,10,16H,3-6,9H2,(H,17,18). The lowest BCUT2D eigenvalue weighted by molar-refractivity contribution is 0.174. The summed E-state index contributed by atoms with van der Waals surface area (Å²) in [6.45, 7) is 2.46. The van der Waals surface area contributed by atoms with E-state index in [0.29, 0.717) is 12.7 Å². The van der Waals surface area contributed by atoms with Gasteiger partial charge in [-0.25, -0.2) is 4.98 Å². The Kier molecular flexibility index (Phi) is 2.85. The van der Waals surface area contributed by atoms with E-state index in [4.69, 9.17) is 9.47 Å². The summed E-state index contributed by atoms with van der Waals surface area (Å²) < 4.78 is 10.8. The van der Waals surface area contributed by atoms with Gasteiger partial charge >= 0.3 is 0 Å². The molecule has 1 aromatic carbocycles. The average Bonchev–Trinajstić information content (AvgIpc) is 3.16. The van der Waals surface area contributed by atoms with Crippen molar-refractivity contribution in [3.05, 3.63) is 30.2 Å². The van der Waals surface area contributed by atoms with Crippen LogP contribution >= 0.6 is 0 Å². The van der Waals surface area contributed by atoms with Crippen molar-refractivity contribution in [2.75, 3.05) is 19.9 Å². The molecule has 0 aliphatic carbocycles. The topological polar surface area (TPSA) is 59.2 Å². The molecule has 1 saturated heterocycles. The number of H-pyrrole nitrogens is 1. The van der Waals surface area contributed by atoms with E-state index in [1.165, 1.54) is 0 Å². The number of aromatic amines is 1. The second kappa shape index (κ2) is 4.83. The van der Waals surface area contributed by atoms with Gasteiger partial charge in [-0.2, -0.15) is 0 Å². The summed E-state index contributed by atoms with van der Waals surface area (Å²) in [4.78, 5) is 8.01. The highest BCUT2D eigenvalue weighted by atomic mass is 16.7. The molecule has 1 aromatic heterocycles. The van der Waals surface area contributed by atoms with Crippen LogP contribution in [0.1, 0.15) is 24.6 Å². The molecule has 0 bridgehead atoms. The van der Waals surface area contributed by atoms with E-state index in [0.717, 1.165) is 54.5 Å². The Bertz CT molecular complexity index is 617. The van der Waals surface area contributed by atoms with Crippen LogP contribution in [0.15, 0.2) is 24.4 Å². The zero-order valence-electron chi connectivity index (χ0n) is 11.2. The third-order valence-electron chi connectivity index (χ3n) is 4.00. The summed E-state index contributed by atoms with van der Waals surface area (Å²) in [5, 5.41) is 3.38. The number of nitrogens with one attached hydrogen (secondary N) is 2. The normalized spacial score (nSPS) is 18.4. The number of rotatable bonds is 2. The first-order chi connectivity index (χ1) is 9.90. The number of benzene rings is 1. The summed E-state index contributed by atoms with van der Waals surface area (Å²) >= 11 is 0. The monoisotopic (exact) mass is 271 g/mol. The number of imidazole rings is 1. The van der Waals surface area contributed by atoms with Crippen LogP contribution in [0.4, 0.5) is 0 Å². The maximum Gasteiger partial charge on any atom is 0.231 e. The lowest BCUT2D eigenvalue weighted by atomic mass is 9.98. The third kappa shape index (κ3) is 2.04. The van der Waals surface area contributed by atoms with Crippen LogP contribution in [0.5, 0.6) is 11.5 Å². The smallest absolute Gasteiger partial charge is 0.231 e. The number of piperidine rings is 1. The zero-order valence-corrected chi connectivity index (χ0v) is 11.2. The molecule has 2 aromatic rings. The van der Waals surface area contributed by atoms with E-state index in [1.54, 1.807) is 0 Å². The van der Waals surface area contributed by atoms with Gasteiger partial charge in [-0.1, -0.05) is 0 Å². The van der Waals surface area contributed by atoms with Crippen molar-refractivity contribution in [3.8, 4) is 22.8 Å². The molecule has 0 spiro atoms. The van der Waals surface area contributed by atoms with Crippen LogP contribution in [0.3, 0.4) is 0 Å². The molecule has 0 saturated carbocycles. The summed E-state index contributed by atoms with van der Waals surface area (Å²) in [5.41, 5.74) is 2.12. The molecule has 0 amide bonds. The molecule has 2 aliphatic heterocycles. The van der Waals surface area contributed by atoms with Gasteiger partial charge in [0.05, 0.1) is 11.9 Å². The number of fused-ring (bicyclic) bond motifs is 1. The Balaban J connectivity index is 1.61. The summed E-state index contributed by atoms with van der Waals surface area (Å²) in [6.07, 6.45) is 4.21. The third-order valence-corrected chi connectivity index (χ3v) is 4.00. The van der Waals surface area contributed by atoms with E-state index in [-0.39, 0.29) is 0 Å². The molecule has 2 N–H and O–H groups in total. The predicted octanol–water partition coefficient (Wildman–Crippen LogP) is 2.27. The second-order valence-corrected chi connectivity index (χ2v) is 5.27. The molecule has 20 heavy (non-hydrogen) atoms. The molecule has 0 radical (unpaired) electrons. The van der Waals surface area contributed by atoms with Gasteiger partial charge in [-0.3, -0.25) is 0 Å². The first-order valence-electron chi connectivity index (χ1n) is 7.06. The number of aromatic nitrogens is 2. The van der Waals surface area contributed by atoms with Gasteiger partial charge in [0.15, 0.2) is 11.5 Å². The molecule has 2 aliphatic rings. The van der Waals surface area contributed by atoms with Gasteiger partial charge in [0, 0.05) is 11.5 Å². The fourth-order valence-corrected chi connectivity index (χ4v) is 2.85. The molecule has 104 valence electrons. The van der Waals surface area contributed by atoms with E-state index in [9.17, 15) is 0 Å². The van der Waals surface area contributed by atoms with Gasteiger partial charge in [-0.05, 0) is 44.1 Å². The predicted molar refractivity (Wildman–Crippen MR) is 75.0 cm³/mol. The minimum Gasteiger partial charge on any atom is -0.454 e. The van der Waals surface area contributed by atoms with Crippen LogP contribution in [-0.4, -0.2) is 29.9 Å². The lowest BCUT2D eigenvalue weighted by Crippen LogP contribution is -2.27. The Morgan fingerprint density at radius 2 is 1.95 bits per heavy atom. The Labute approximate surface area is 117 Å². The molecule has 5 heteroatoms. The summed E-state index contributed by atoms with van der Waals surface area (Å²) in [5.74, 6) is 3.26. The highest BCUT2D eigenvalue weighted by Crippen LogP contribution is 2.35. The number of nitrogens with zero attached hydrogens (tertiary/aromatic N) is 1. The Hall–Kier alpha value is -2.01. The van der Waals surface area contributed by atoms with Crippen LogP contribution in [0, 0.1) is 0 Å². The van der Waals surface area contributed by atoms with Crippen LogP contribution in [0.25, 0.3) is 11.3 Å². The van der Waals surface area contributed by atoms with Crippen LogP contribution in [0.2, 0.25) is 0 Å². The van der Waals surface area contributed by atoms with Gasteiger partial charge in [0.1, 0.15) is 5.82 Å². The average molecular weight is 271 g/mol. The van der Waals surface area contributed by atoms with Crippen molar-refractivity contribution in [2.45, 2.75) is 18.8 Å². The maximum atomic E-state index is 5.42. The fraction of sp³-hybridized carbons (Fsp3) is 0.400. The highest BCUT2D eigenvalue weighted by molar-refractivity contribution is 5.64. The molecule has 0 unspecified atom stereocenters. The lowest BCUT2D eigenvalue weighted by Gasteiger charge is -2.20. The van der Waals surface area contributed by atoms with Crippen molar-refractivity contribution in [2.24, 2.45) is 0 Å². The van der Waals surface area contributed by atoms with Crippen LogP contribution < -0.4 is 14.8 Å². The first-order valence-corrected chi connectivity index (χ1v) is 7.06. The van der Waals surface area contributed by atoms with Crippen LogP contribution in [-0.2, 0) is 0 Å². The van der Waals surface area contributed by atoms with Crippen molar-refractivity contribution in [3.63, 3.8) is 0 Å². The molecular weight excluding hydrogens is 254 g/mol. The van der Waals surface area contributed by atoms with E-state index in [1.807, 2.05) is 24.4 Å².